The molecule has 0 spiro atoms. The molecule has 2 unspecified atom stereocenters. The van der Waals surface area contributed by atoms with E-state index in [0.717, 1.165) is 25.7 Å². The van der Waals surface area contributed by atoms with Crippen molar-refractivity contribution in [3.63, 3.8) is 0 Å². The number of nitrogens with zero attached hydrogens (tertiary/aromatic N) is 4. The van der Waals surface area contributed by atoms with Gasteiger partial charge in [-0.1, -0.05) is 18.1 Å². The lowest BCUT2D eigenvalue weighted by Crippen LogP contribution is -2.54. The summed E-state index contributed by atoms with van der Waals surface area (Å²) in [5, 5.41) is 18.2. The first-order valence-electron chi connectivity index (χ1n) is 7.12. The number of aryl methyl sites for hydroxylation is 1. The Morgan fingerprint density at radius 2 is 2.14 bits per heavy atom. The van der Waals surface area contributed by atoms with E-state index in [1.807, 2.05) is 0 Å². The zero-order valence-electron chi connectivity index (χ0n) is 11.9. The normalized spacial score (nSPS) is 31.1. The van der Waals surface area contributed by atoms with Gasteiger partial charge in [0.15, 0.2) is 4.60 Å². The summed E-state index contributed by atoms with van der Waals surface area (Å²) in [7, 11) is -2.08. The molecule has 1 aromatic heterocycles. The van der Waals surface area contributed by atoms with Crippen LogP contribution in [0.5, 0.6) is 0 Å². The number of piperidine rings is 1. The molecule has 7 nitrogen and oxygen atoms in total. The Balaban J connectivity index is 1.88. The molecule has 118 valence electrons. The Kier molecular flexibility index (Phi) is 3.88. The number of aromatic nitrogens is 3. The molecule has 1 aromatic rings. The summed E-state index contributed by atoms with van der Waals surface area (Å²) in [5.41, 5.74) is -0.688. The van der Waals surface area contributed by atoms with Crippen LogP contribution in [0.15, 0.2) is 9.63 Å². The van der Waals surface area contributed by atoms with Crippen molar-refractivity contribution >= 4 is 26.0 Å². The lowest BCUT2D eigenvalue weighted by Gasteiger charge is -2.46. The molecule has 1 saturated carbocycles. The van der Waals surface area contributed by atoms with Crippen molar-refractivity contribution in [1.29, 1.82) is 0 Å². The van der Waals surface area contributed by atoms with E-state index in [1.54, 1.807) is 7.05 Å². The maximum atomic E-state index is 12.8. The third kappa shape index (κ3) is 2.54. The number of rotatable bonds is 2. The Hall–Kier alpha value is -0.510. The maximum absolute atomic E-state index is 12.8. The number of hydrogen-bond donors (Lipinski definition) is 1. The summed E-state index contributed by atoms with van der Waals surface area (Å²) in [4.78, 5) is 0. The minimum atomic E-state index is -3.64. The predicted octanol–water partition coefficient (Wildman–Crippen LogP) is 0.893. The summed E-state index contributed by atoms with van der Waals surface area (Å²) in [6.07, 6.45) is 4.24. The second kappa shape index (κ2) is 5.29. The van der Waals surface area contributed by atoms with Crippen LogP contribution in [0.2, 0.25) is 0 Å². The Labute approximate surface area is 132 Å². The number of sulfonamides is 1. The Bertz CT molecular complexity index is 627. The summed E-state index contributed by atoms with van der Waals surface area (Å²) < 4.78 is 28.5. The zero-order valence-corrected chi connectivity index (χ0v) is 14.3. The molecule has 1 aliphatic heterocycles. The lowest BCUT2D eigenvalue weighted by molar-refractivity contribution is -0.0817. The van der Waals surface area contributed by atoms with Gasteiger partial charge in [-0.3, -0.25) is 0 Å². The summed E-state index contributed by atoms with van der Waals surface area (Å²) >= 11 is 3.15. The van der Waals surface area contributed by atoms with Crippen LogP contribution in [0.1, 0.15) is 32.1 Å². The minimum Gasteiger partial charge on any atom is -0.390 e. The quantitative estimate of drug-likeness (QED) is 0.825. The fourth-order valence-electron chi connectivity index (χ4n) is 3.48. The van der Waals surface area contributed by atoms with Crippen molar-refractivity contribution in [1.82, 2.24) is 19.3 Å². The average Bonchev–Trinajstić information content (AvgIpc) is 2.77. The molecule has 2 heterocycles. The van der Waals surface area contributed by atoms with Crippen LogP contribution in [0.25, 0.3) is 0 Å². The highest BCUT2D eigenvalue weighted by atomic mass is 79.9. The number of aliphatic hydroxyl groups is 1. The molecule has 1 aliphatic carbocycles. The van der Waals surface area contributed by atoms with Gasteiger partial charge in [-0.05, 0) is 35.2 Å². The van der Waals surface area contributed by atoms with Crippen molar-refractivity contribution in [3.05, 3.63) is 4.60 Å². The van der Waals surface area contributed by atoms with Gasteiger partial charge in [0.1, 0.15) is 0 Å². The van der Waals surface area contributed by atoms with Gasteiger partial charge in [-0.25, -0.2) is 13.1 Å². The molecule has 21 heavy (non-hydrogen) atoms. The van der Waals surface area contributed by atoms with E-state index in [1.165, 1.54) is 8.99 Å². The first kappa shape index (κ1) is 15.4. The smallest absolute Gasteiger partial charge is 0.263 e. The number of halogens is 1. The van der Waals surface area contributed by atoms with E-state index in [0.29, 0.717) is 19.5 Å². The maximum Gasteiger partial charge on any atom is 0.263 e. The molecule has 0 radical (unpaired) electrons. The molecule has 2 fully saturated rings. The molecule has 1 N–H and O–H groups in total. The van der Waals surface area contributed by atoms with E-state index in [-0.39, 0.29) is 15.5 Å². The molecular formula is C12H19BrN4O3S. The molecular weight excluding hydrogens is 360 g/mol. The molecule has 2 aliphatic rings. The zero-order chi connectivity index (χ0) is 15.3. The van der Waals surface area contributed by atoms with Crippen LogP contribution in [0.3, 0.4) is 0 Å². The highest BCUT2D eigenvalue weighted by Gasteiger charge is 2.46. The van der Waals surface area contributed by atoms with Crippen molar-refractivity contribution in [3.8, 4) is 0 Å². The standard InChI is InChI=1S/C12H19BrN4O3S/c1-16-11(10(13)14-15-16)21(19,20)17-7-6-12(18)5-3-2-4-9(12)8-17/h9,18H,2-8H2,1H3. The molecule has 3 rings (SSSR count). The minimum absolute atomic E-state index is 0.0229. The SMILES string of the molecule is Cn1nnc(Br)c1S(=O)(=O)N1CCC2(O)CCCCC2C1. The van der Waals surface area contributed by atoms with E-state index in [9.17, 15) is 13.5 Å². The van der Waals surface area contributed by atoms with Gasteiger partial charge in [-0.2, -0.15) is 4.31 Å². The van der Waals surface area contributed by atoms with Crippen LogP contribution >= 0.6 is 15.9 Å². The molecule has 0 aromatic carbocycles. The van der Waals surface area contributed by atoms with Gasteiger partial charge in [0, 0.05) is 26.1 Å². The third-order valence-corrected chi connectivity index (χ3v) is 7.47. The summed E-state index contributed by atoms with van der Waals surface area (Å²) in [6.45, 7) is 0.712. The number of fused-ring (bicyclic) bond motifs is 1. The second-order valence-corrected chi connectivity index (χ2v) is 8.57. The van der Waals surface area contributed by atoms with Crippen LogP contribution in [-0.2, 0) is 17.1 Å². The fourth-order valence-corrected chi connectivity index (χ4v) is 6.00. The van der Waals surface area contributed by atoms with Crippen molar-refractivity contribution in [2.75, 3.05) is 13.1 Å². The van der Waals surface area contributed by atoms with Crippen molar-refractivity contribution < 1.29 is 13.5 Å². The summed E-state index contributed by atoms with van der Waals surface area (Å²) in [6, 6.07) is 0. The Morgan fingerprint density at radius 3 is 2.81 bits per heavy atom. The fraction of sp³-hybridized carbons (Fsp3) is 0.833. The van der Waals surface area contributed by atoms with Gasteiger partial charge < -0.3 is 5.11 Å². The monoisotopic (exact) mass is 378 g/mol. The highest BCUT2D eigenvalue weighted by molar-refractivity contribution is 9.10. The molecule has 2 atom stereocenters. The van der Waals surface area contributed by atoms with Crippen LogP contribution in [0.4, 0.5) is 0 Å². The van der Waals surface area contributed by atoms with E-state index in [2.05, 4.69) is 26.2 Å². The Morgan fingerprint density at radius 1 is 1.38 bits per heavy atom. The van der Waals surface area contributed by atoms with Gasteiger partial charge in [0.25, 0.3) is 10.0 Å². The van der Waals surface area contributed by atoms with Gasteiger partial charge in [0.2, 0.25) is 5.03 Å². The van der Waals surface area contributed by atoms with Crippen LogP contribution in [0, 0.1) is 5.92 Å². The second-order valence-electron chi connectivity index (χ2n) is 5.97. The first-order valence-corrected chi connectivity index (χ1v) is 9.35. The average molecular weight is 379 g/mol. The van der Waals surface area contributed by atoms with E-state index in [4.69, 9.17) is 0 Å². The van der Waals surface area contributed by atoms with Crippen molar-refractivity contribution in [2.45, 2.75) is 42.7 Å². The van der Waals surface area contributed by atoms with Gasteiger partial charge >= 0.3 is 0 Å². The topological polar surface area (TPSA) is 88.3 Å². The predicted molar refractivity (Wildman–Crippen MR) is 79.0 cm³/mol. The van der Waals surface area contributed by atoms with Gasteiger partial charge in [0.05, 0.1) is 5.60 Å². The molecule has 1 saturated heterocycles. The largest absolute Gasteiger partial charge is 0.390 e. The third-order valence-electron chi connectivity index (χ3n) is 4.71. The first-order chi connectivity index (χ1) is 9.84. The van der Waals surface area contributed by atoms with Crippen molar-refractivity contribution in [2.24, 2.45) is 13.0 Å². The van der Waals surface area contributed by atoms with Gasteiger partial charge in [-0.15, -0.1) is 5.10 Å². The van der Waals surface area contributed by atoms with E-state index >= 15 is 0 Å². The van der Waals surface area contributed by atoms with Crippen LogP contribution in [-0.4, -0.2) is 51.5 Å². The molecule has 9 heteroatoms. The highest BCUT2D eigenvalue weighted by Crippen LogP contribution is 2.41. The lowest BCUT2D eigenvalue weighted by atomic mass is 9.72. The van der Waals surface area contributed by atoms with Crippen LogP contribution < -0.4 is 0 Å². The molecule has 0 amide bonds. The number of hydrogen-bond acceptors (Lipinski definition) is 5. The molecule has 0 bridgehead atoms. The van der Waals surface area contributed by atoms with E-state index < -0.39 is 15.6 Å². The summed E-state index contributed by atoms with van der Waals surface area (Å²) in [5.74, 6) is 0.0229.